The highest BCUT2D eigenvalue weighted by Crippen LogP contribution is 2.32. The lowest BCUT2D eigenvalue weighted by atomic mass is 10.2. The van der Waals surface area contributed by atoms with Crippen LogP contribution in [0, 0.1) is 15.9 Å². The van der Waals surface area contributed by atoms with Gasteiger partial charge >= 0.3 is 5.69 Å². The van der Waals surface area contributed by atoms with Crippen LogP contribution < -0.4 is 10.2 Å². The molecule has 0 radical (unpaired) electrons. The number of β-amino-alcohol motifs (C(OH)–C–C–N with tert-alkyl or cyclic N) is 1. The lowest BCUT2D eigenvalue weighted by Crippen LogP contribution is -2.47. The van der Waals surface area contributed by atoms with Crippen LogP contribution in [0.3, 0.4) is 0 Å². The molecule has 1 aromatic carbocycles. The van der Waals surface area contributed by atoms with Crippen molar-refractivity contribution in [2.24, 2.45) is 0 Å². The van der Waals surface area contributed by atoms with E-state index in [-0.39, 0.29) is 36.3 Å². The fourth-order valence-electron chi connectivity index (χ4n) is 3.01. The van der Waals surface area contributed by atoms with E-state index in [1.54, 1.807) is 12.1 Å². The highest BCUT2D eigenvalue weighted by Gasteiger charge is 2.29. The van der Waals surface area contributed by atoms with Crippen molar-refractivity contribution in [1.82, 2.24) is 14.9 Å². The molecule has 2 N–H and O–H groups in total. The summed E-state index contributed by atoms with van der Waals surface area (Å²) >= 11 is 0. The van der Waals surface area contributed by atoms with Crippen LogP contribution in [-0.4, -0.2) is 64.2 Å². The van der Waals surface area contributed by atoms with Crippen LogP contribution in [-0.2, 0) is 6.54 Å². The van der Waals surface area contributed by atoms with Gasteiger partial charge in [0.25, 0.3) is 0 Å². The summed E-state index contributed by atoms with van der Waals surface area (Å²) in [6, 6.07) is 5.89. The van der Waals surface area contributed by atoms with E-state index in [9.17, 15) is 14.5 Å². The molecule has 1 aliphatic heterocycles. The third-order valence-corrected chi connectivity index (χ3v) is 4.45. The number of nitrogens with zero attached hydrogens (tertiary/aromatic N) is 5. The van der Waals surface area contributed by atoms with E-state index in [0.29, 0.717) is 32.7 Å². The number of piperazine rings is 1. The minimum absolute atomic E-state index is 0.0884. The first-order valence-electron chi connectivity index (χ1n) is 8.64. The van der Waals surface area contributed by atoms with Gasteiger partial charge in [-0.1, -0.05) is 12.1 Å². The Bertz CT molecular complexity index is 781. The second-order valence-corrected chi connectivity index (χ2v) is 6.18. The molecule has 1 fully saturated rings. The maximum atomic E-state index is 13.0. The van der Waals surface area contributed by atoms with Gasteiger partial charge in [0, 0.05) is 39.3 Å². The molecule has 10 heteroatoms. The Balaban J connectivity index is 1.76. The lowest BCUT2D eigenvalue weighted by Gasteiger charge is -2.34. The fourth-order valence-corrected chi connectivity index (χ4v) is 3.01. The maximum absolute atomic E-state index is 13.0. The van der Waals surface area contributed by atoms with Gasteiger partial charge in [0.2, 0.25) is 11.6 Å². The number of anilines is 2. The van der Waals surface area contributed by atoms with Gasteiger partial charge < -0.3 is 15.3 Å². The Hall–Kier alpha value is -2.85. The average Bonchev–Trinajstić information content (AvgIpc) is 2.68. The monoisotopic (exact) mass is 376 g/mol. The van der Waals surface area contributed by atoms with Crippen LogP contribution in [0.15, 0.2) is 30.6 Å². The summed E-state index contributed by atoms with van der Waals surface area (Å²) in [6.07, 6.45) is 1.30. The number of nitrogens with one attached hydrogen (secondary N) is 1. The molecule has 3 rings (SSSR count). The molecular formula is C17H21FN6O3. The van der Waals surface area contributed by atoms with Gasteiger partial charge in [-0.25, -0.2) is 14.4 Å². The summed E-state index contributed by atoms with van der Waals surface area (Å²) in [5, 5.41) is 23.7. The minimum Gasteiger partial charge on any atom is -0.395 e. The molecule has 0 spiro atoms. The lowest BCUT2D eigenvalue weighted by molar-refractivity contribution is -0.383. The average molecular weight is 376 g/mol. The number of nitro groups is 1. The molecule has 0 atom stereocenters. The van der Waals surface area contributed by atoms with Gasteiger partial charge in [-0.05, 0) is 17.7 Å². The van der Waals surface area contributed by atoms with Crippen molar-refractivity contribution >= 4 is 17.3 Å². The molecule has 2 heterocycles. The van der Waals surface area contributed by atoms with Crippen LogP contribution in [0.5, 0.6) is 0 Å². The Morgan fingerprint density at radius 3 is 2.52 bits per heavy atom. The minimum atomic E-state index is -0.484. The highest BCUT2D eigenvalue weighted by molar-refractivity contribution is 5.70. The summed E-state index contributed by atoms with van der Waals surface area (Å²) in [5.74, 6) is 0.0711. The second kappa shape index (κ2) is 8.69. The number of aliphatic hydroxyl groups excluding tert-OH is 1. The molecule has 144 valence electrons. The summed E-state index contributed by atoms with van der Waals surface area (Å²) in [5.41, 5.74) is 0.610. The number of rotatable bonds is 7. The quantitative estimate of drug-likeness (QED) is 0.549. The van der Waals surface area contributed by atoms with Crippen LogP contribution in [0.25, 0.3) is 0 Å². The first kappa shape index (κ1) is 18.9. The van der Waals surface area contributed by atoms with Gasteiger partial charge in [-0.15, -0.1) is 0 Å². The van der Waals surface area contributed by atoms with Crippen molar-refractivity contribution < 1.29 is 14.4 Å². The largest absolute Gasteiger partial charge is 0.395 e. The SMILES string of the molecule is O=[N+]([O-])c1c(NCc2ccc(F)cc2)ncnc1N1CCN(CCO)CC1. The van der Waals surface area contributed by atoms with Crippen LogP contribution in [0.1, 0.15) is 5.56 Å². The smallest absolute Gasteiger partial charge is 0.353 e. The first-order chi connectivity index (χ1) is 13.1. The molecule has 2 aromatic rings. The molecule has 0 saturated carbocycles. The van der Waals surface area contributed by atoms with Crippen LogP contribution in [0.2, 0.25) is 0 Å². The molecule has 0 aliphatic carbocycles. The normalized spacial score (nSPS) is 15.0. The zero-order chi connectivity index (χ0) is 19.2. The van der Waals surface area contributed by atoms with Crippen LogP contribution in [0.4, 0.5) is 21.7 Å². The van der Waals surface area contributed by atoms with E-state index in [4.69, 9.17) is 5.11 Å². The third-order valence-electron chi connectivity index (χ3n) is 4.45. The molecular weight excluding hydrogens is 355 g/mol. The molecule has 0 unspecified atom stereocenters. The van der Waals surface area contributed by atoms with Crippen molar-refractivity contribution in [3.63, 3.8) is 0 Å². The van der Waals surface area contributed by atoms with Gasteiger partial charge in [0.15, 0.2) is 0 Å². The molecule has 0 amide bonds. The van der Waals surface area contributed by atoms with E-state index < -0.39 is 4.92 Å². The zero-order valence-corrected chi connectivity index (χ0v) is 14.7. The van der Waals surface area contributed by atoms with Crippen molar-refractivity contribution in [2.75, 3.05) is 49.5 Å². The highest BCUT2D eigenvalue weighted by atomic mass is 19.1. The number of aliphatic hydroxyl groups is 1. The fraction of sp³-hybridized carbons (Fsp3) is 0.412. The molecule has 27 heavy (non-hydrogen) atoms. The number of aromatic nitrogens is 2. The van der Waals surface area contributed by atoms with Crippen molar-refractivity contribution in [1.29, 1.82) is 0 Å². The van der Waals surface area contributed by atoms with Crippen LogP contribution >= 0.6 is 0 Å². The van der Waals surface area contributed by atoms with Crippen molar-refractivity contribution in [3.05, 3.63) is 52.1 Å². The predicted molar refractivity (Wildman–Crippen MR) is 98.2 cm³/mol. The van der Waals surface area contributed by atoms with Gasteiger partial charge in [0.05, 0.1) is 11.5 Å². The first-order valence-corrected chi connectivity index (χ1v) is 8.64. The zero-order valence-electron chi connectivity index (χ0n) is 14.7. The third kappa shape index (κ3) is 4.66. The Labute approximate surface area is 155 Å². The van der Waals surface area contributed by atoms with E-state index in [0.717, 1.165) is 5.56 Å². The Morgan fingerprint density at radius 2 is 1.89 bits per heavy atom. The number of benzene rings is 1. The Kier molecular flexibility index (Phi) is 6.09. The van der Waals surface area contributed by atoms with Gasteiger partial charge in [-0.2, -0.15) is 0 Å². The molecule has 9 nitrogen and oxygen atoms in total. The summed E-state index contributed by atoms with van der Waals surface area (Å²) in [6.45, 7) is 3.50. The standard InChI is InChI=1S/C17H21FN6O3/c18-14-3-1-13(2-4-14)11-19-16-15(24(26)27)17(21-12-20-16)23-7-5-22(6-8-23)9-10-25/h1-4,12,25H,5-11H2,(H,19,20,21). The second-order valence-electron chi connectivity index (χ2n) is 6.18. The summed E-state index contributed by atoms with van der Waals surface area (Å²) in [4.78, 5) is 23.3. The van der Waals surface area contributed by atoms with E-state index in [2.05, 4.69) is 20.2 Å². The van der Waals surface area contributed by atoms with E-state index in [1.807, 2.05) is 4.90 Å². The predicted octanol–water partition coefficient (Wildman–Crippen LogP) is 1.25. The molecule has 1 aromatic heterocycles. The summed E-state index contributed by atoms with van der Waals surface area (Å²) < 4.78 is 13.0. The number of hydrogen-bond donors (Lipinski definition) is 2. The van der Waals surface area contributed by atoms with E-state index in [1.165, 1.54) is 18.5 Å². The van der Waals surface area contributed by atoms with Gasteiger partial charge in [-0.3, -0.25) is 15.0 Å². The number of halogens is 1. The Morgan fingerprint density at radius 1 is 1.19 bits per heavy atom. The van der Waals surface area contributed by atoms with Gasteiger partial charge in [0.1, 0.15) is 12.1 Å². The molecule has 1 saturated heterocycles. The number of hydrogen-bond acceptors (Lipinski definition) is 8. The van der Waals surface area contributed by atoms with Crippen molar-refractivity contribution in [3.8, 4) is 0 Å². The van der Waals surface area contributed by atoms with E-state index >= 15 is 0 Å². The maximum Gasteiger partial charge on any atom is 0.353 e. The molecule has 1 aliphatic rings. The van der Waals surface area contributed by atoms with Crippen molar-refractivity contribution in [2.45, 2.75) is 6.54 Å². The summed E-state index contributed by atoms with van der Waals surface area (Å²) in [7, 11) is 0. The topological polar surface area (TPSA) is 108 Å². The molecule has 0 bridgehead atoms.